The number of nitrogens with one attached hydrogen (secondary N) is 2. The topological polar surface area (TPSA) is 78.0 Å². The van der Waals surface area contributed by atoms with Crippen molar-refractivity contribution in [2.75, 3.05) is 5.32 Å². The number of aromatic amines is 1. The van der Waals surface area contributed by atoms with Crippen LogP contribution < -0.4 is 5.32 Å². The predicted molar refractivity (Wildman–Crippen MR) is 108 cm³/mol. The minimum absolute atomic E-state index is 0.0617. The summed E-state index contributed by atoms with van der Waals surface area (Å²) in [7, 11) is 0. The van der Waals surface area contributed by atoms with Crippen molar-refractivity contribution in [1.29, 1.82) is 0 Å². The Morgan fingerprint density at radius 3 is 2.23 bits per heavy atom. The van der Waals surface area contributed by atoms with Gasteiger partial charge in [0.05, 0.1) is 17.6 Å². The van der Waals surface area contributed by atoms with E-state index in [0.29, 0.717) is 22.4 Å². The number of hydrogen-bond acceptors (Lipinski definition) is 3. The highest BCUT2D eigenvalue weighted by Crippen LogP contribution is 2.38. The van der Waals surface area contributed by atoms with Crippen molar-refractivity contribution in [3.05, 3.63) is 71.8 Å². The lowest BCUT2D eigenvalue weighted by Crippen LogP contribution is -2.33. The molecule has 2 aromatic carbocycles. The molecular formula is C22H22F3N3O2. The van der Waals surface area contributed by atoms with Crippen molar-refractivity contribution in [1.82, 2.24) is 9.97 Å². The number of amides is 1. The van der Waals surface area contributed by atoms with E-state index < -0.39 is 23.2 Å². The van der Waals surface area contributed by atoms with Crippen LogP contribution in [0.5, 0.6) is 0 Å². The van der Waals surface area contributed by atoms with Gasteiger partial charge in [0, 0.05) is 18.8 Å². The summed E-state index contributed by atoms with van der Waals surface area (Å²) in [6.07, 6.45) is -1.47. The average Bonchev–Trinajstić information content (AvgIpc) is 3.21. The second-order valence-electron chi connectivity index (χ2n) is 7.43. The zero-order valence-corrected chi connectivity index (χ0v) is 16.7. The van der Waals surface area contributed by atoms with Crippen molar-refractivity contribution in [2.24, 2.45) is 5.92 Å². The van der Waals surface area contributed by atoms with Gasteiger partial charge in [0.2, 0.25) is 5.91 Å². The molecule has 8 heteroatoms. The molecule has 1 aromatic heterocycles. The number of aromatic nitrogens is 2. The number of carbonyl (C=O) groups is 1. The third-order valence-corrected chi connectivity index (χ3v) is 4.96. The summed E-state index contributed by atoms with van der Waals surface area (Å²) in [6, 6.07) is 10.0. The smallest absolute Gasteiger partial charge is 0.378 e. The van der Waals surface area contributed by atoms with E-state index in [4.69, 9.17) is 0 Å². The van der Waals surface area contributed by atoms with Crippen LogP contribution in [0.4, 0.5) is 18.9 Å². The van der Waals surface area contributed by atoms with Crippen LogP contribution in [-0.2, 0) is 16.6 Å². The first kappa shape index (κ1) is 21.6. The fourth-order valence-corrected chi connectivity index (χ4v) is 3.40. The lowest BCUT2D eigenvalue weighted by molar-refractivity contribution is -0.137. The Morgan fingerprint density at radius 2 is 1.73 bits per heavy atom. The molecule has 3 aromatic rings. The highest BCUT2D eigenvalue weighted by atomic mass is 19.4. The van der Waals surface area contributed by atoms with Crippen LogP contribution >= 0.6 is 0 Å². The number of aliphatic hydroxyl groups is 1. The van der Waals surface area contributed by atoms with E-state index in [1.807, 2.05) is 13.8 Å². The molecule has 0 bridgehead atoms. The molecule has 1 heterocycles. The fourth-order valence-electron chi connectivity index (χ4n) is 3.40. The van der Waals surface area contributed by atoms with Crippen molar-refractivity contribution in [2.45, 2.75) is 32.5 Å². The highest BCUT2D eigenvalue weighted by molar-refractivity contribution is 5.89. The molecule has 0 aliphatic rings. The first-order chi connectivity index (χ1) is 14.0. The number of nitrogens with zero attached hydrogens (tertiary/aromatic N) is 1. The number of halogens is 3. The second kappa shape index (κ2) is 7.95. The third-order valence-electron chi connectivity index (χ3n) is 4.96. The third kappa shape index (κ3) is 4.23. The summed E-state index contributed by atoms with van der Waals surface area (Å²) < 4.78 is 39.9. The Bertz CT molecular complexity index is 1030. The van der Waals surface area contributed by atoms with Crippen molar-refractivity contribution in [3.8, 4) is 11.1 Å². The first-order valence-electron chi connectivity index (χ1n) is 9.34. The van der Waals surface area contributed by atoms with Crippen molar-refractivity contribution < 1.29 is 23.1 Å². The van der Waals surface area contributed by atoms with E-state index in [1.165, 1.54) is 19.3 Å². The maximum Gasteiger partial charge on any atom is 0.416 e. The molecule has 5 nitrogen and oxygen atoms in total. The maximum atomic E-state index is 13.3. The van der Waals surface area contributed by atoms with Crippen LogP contribution in [-0.4, -0.2) is 21.0 Å². The maximum absolute atomic E-state index is 13.3. The van der Waals surface area contributed by atoms with E-state index in [-0.39, 0.29) is 11.6 Å². The van der Waals surface area contributed by atoms with Crippen LogP contribution in [0.2, 0.25) is 0 Å². The van der Waals surface area contributed by atoms with Gasteiger partial charge in [-0.05, 0) is 40.8 Å². The zero-order valence-electron chi connectivity index (χ0n) is 16.7. The number of H-pyrrole nitrogens is 1. The van der Waals surface area contributed by atoms with Gasteiger partial charge < -0.3 is 15.4 Å². The van der Waals surface area contributed by atoms with Crippen LogP contribution in [0.25, 0.3) is 11.1 Å². The number of benzene rings is 2. The highest BCUT2D eigenvalue weighted by Gasteiger charge is 2.37. The SMILES string of the molecule is CC(=O)Nc1cc(-c2ccc(C(O)(c3c[nH]cn3)C(C)C)cc2)cc(C(F)(F)F)c1. The van der Waals surface area contributed by atoms with Gasteiger partial charge in [-0.1, -0.05) is 38.1 Å². The number of carbonyl (C=O) groups excluding carboxylic acids is 1. The summed E-state index contributed by atoms with van der Waals surface area (Å²) in [5, 5.41) is 13.7. The van der Waals surface area contributed by atoms with Gasteiger partial charge in [-0.2, -0.15) is 13.2 Å². The van der Waals surface area contributed by atoms with Gasteiger partial charge in [0.1, 0.15) is 5.60 Å². The summed E-state index contributed by atoms with van der Waals surface area (Å²) in [4.78, 5) is 18.3. The second-order valence-corrected chi connectivity index (χ2v) is 7.43. The Balaban J connectivity index is 2.05. The molecule has 158 valence electrons. The van der Waals surface area contributed by atoms with Crippen LogP contribution in [0, 0.1) is 5.92 Å². The zero-order chi connectivity index (χ0) is 22.1. The Morgan fingerprint density at radius 1 is 1.07 bits per heavy atom. The minimum atomic E-state index is -4.55. The molecule has 0 aliphatic carbocycles. The van der Waals surface area contributed by atoms with E-state index in [9.17, 15) is 23.1 Å². The Hall–Kier alpha value is -3.13. The Labute approximate surface area is 172 Å². The summed E-state index contributed by atoms with van der Waals surface area (Å²) in [5.74, 6) is -0.664. The summed E-state index contributed by atoms with van der Waals surface area (Å²) in [6.45, 7) is 4.95. The van der Waals surface area contributed by atoms with Crippen LogP contribution in [0.3, 0.4) is 0 Å². The summed E-state index contributed by atoms with van der Waals surface area (Å²) in [5.41, 5.74) is -0.305. The lowest BCUT2D eigenvalue weighted by Gasteiger charge is -2.31. The van der Waals surface area contributed by atoms with Gasteiger partial charge in [-0.15, -0.1) is 0 Å². The molecule has 1 unspecified atom stereocenters. The van der Waals surface area contributed by atoms with Crippen molar-refractivity contribution >= 4 is 11.6 Å². The molecule has 0 spiro atoms. The summed E-state index contributed by atoms with van der Waals surface area (Å²) >= 11 is 0. The number of anilines is 1. The van der Waals surface area contributed by atoms with Gasteiger partial charge >= 0.3 is 6.18 Å². The molecule has 1 amide bonds. The van der Waals surface area contributed by atoms with Crippen LogP contribution in [0.1, 0.15) is 37.6 Å². The normalized spacial score (nSPS) is 13.9. The average molecular weight is 417 g/mol. The standard InChI is InChI=1S/C22H22F3N3O2/c1-13(2)21(30,20-11-26-12-27-20)17-6-4-15(5-7-17)16-8-18(22(23,24)25)10-19(9-16)28-14(3)29/h4-13,30H,1-3H3,(H,26,27)(H,28,29). The predicted octanol–water partition coefficient (Wildman–Crippen LogP) is 4.95. The molecule has 0 aliphatic heterocycles. The monoisotopic (exact) mass is 417 g/mol. The number of imidazole rings is 1. The fraction of sp³-hybridized carbons (Fsp3) is 0.273. The van der Waals surface area contributed by atoms with Crippen LogP contribution in [0.15, 0.2) is 55.0 Å². The molecule has 30 heavy (non-hydrogen) atoms. The van der Waals surface area contributed by atoms with E-state index >= 15 is 0 Å². The van der Waals surface area contributed by atoms with Gasteiger partial charge in [0.15, 0.2) is 0 Å². The minimum Gasteiger partial charge on any atom is -0.378 e. The molecule has 0 saturated carbocycles. The Kier molecular flexibility index (Phi) is 5.72. The lowest BCUT2D eigenvalue weighted by atomic mass is 9.80. The number of hydrogen-bond donors (Lipinski definition) is 3. The van der Waals surface area contributed by atoms with Gasteiger partial charge in [-0.25, -0.2) is 4.98 Å². The number of rotatable bonds is 5. The molecule has 3 rings (SSSR count). The molecule has 0 radical (unpaired) electrons. The van der Waals surface area contributed by atoms with E-state index in [1.54, 1.807) is 30.5 Å². The first-order valence-corrected chi connectivity index (χ1v) is 9.34. The van der Waals surface area contributed by atoms with Gasteiger partial charge in [0.25, 0.3) is 0 Å². The molecule has 3 N–H and O–H groups in total. The van der Waals surface area contributed by atoms with Gasteiger partial charge in [-0.3, -0.25) is 4.79 Å². The molecule has 0 fully saturated rings. The molecule has 0 saturated heterocycles. The largest absolute Gasteiger partial charge is 0.416 e. The van der Waals surface area contributed by atoms with Crippen molar-refractivity contribution in [3.63, 3.8) is 0 Å². The van der Waals surface area contributed by atoms with E-state index in [0.717, 1.165) is 12.1 Å². The quantitative estimate of drug-likeness (QED) is 0.550. The van der Waals surface area contributed by atoms with E-state index in [2.05, 4.69) is 15.3 Å². The number of alkyl halides is 3. The molecule has 1 atom stereocenters. The molecular weight excluding hydrogens is 395 g/mol.